The molecule has 2 saturated heterocycles. The summed E-state index contributed by atoms with van der Waals surface area (Å²) in [5, 5.41) is 5.73. The first-order chi connectivity index (χ1) is 13.7. The number of cyclic esters (lactones) is 1. The van der Waals surface area contributed by atoms with Gasteiger partial charge in [-0.1, -0.05) is 25.3 Å². The molecule has 1 aromatic rings. The minimum Gasteiger partial charge on any atom is -0.447 e. The van der Waals surface area contributed by atoms with Crippen LogP contribution in [0.4, 0.5) is 21.0 Å². The van der Waals surface area contributed by atoms with E-state index in [9.17, 15) is 9.59 Å². The lowest BCUT2D eigenvalue weighted by molar-refractivity contribution is 0.181. The van der Waals surface area contributed by atoms with Gasteiger partial charge in [0.2, 0.25) is 0 Å². The molecule has 1 aromatic carbocycles. The molecule has 0 unspecified atom stereocenters. The third-order valence-corrected chi connectivity index (χ3v) is 5.31. The first-order valence-corrected chi connectivity index (χ1v) is 10.5. The van der Waals surface area contributed by atoms with Crippen LogP contribution >= 0.6 is 0 Å². The molecule has 28 heavy (non-hydrogen) atoms. The predicted octanol–water partition coefficient (Wildman–Crippen LogP) is 3.81. The molecule has 0 saturated carbocycles. The van der Waals surface area contributed by atoms with Crippen molar-refractivity contribution in [1.29, 1.82) is 0 Å². The quantitative estimate of drug-likeness (QED) is 0.598. The second-order valence-corrected chi connectivity index (χ2v) is 7.51. The normalized spacial score (nSPS) is 17.0. The minimum absolute atomic E-state index is 0.213. The van der Waals surface area contributed by atoms with E-state index < -0.39 is 0 Å². The zero-order valence-corrected chi connectivity index (χ0v) is 16.6. The molecule has 0 spiro atoms. The van der Waals surface area contributed by atoms with E-state index in [1.54, 1.807) is 11.0 Å². The highest BCUT2D eigenvalue weighted by Crippen LogP contribution is 2.22. The van der Waals surface area contributed by atoms with Gasteiger partial charge in [-0.2, -0.15) is 0 Å². The molecule has 0 aromatic heterocycles. The highest BCUT2D eigenvalue weighted by atomic mass is 16.6. The van der Waals surface area contributed by atoms with Crippen molar-refractivity contribution in [2.45, 2.75) is 44.9 Å². The van der Waals surface area contributed by atoms with Crippen molar-refractivity contribution in [2.24, 2.45) is 0 Å². The summed E-state index contributed by atoms with van der Waals surface area (Å²) < 4.78 is 4.95. The number of likely N-dealkylation sites (tertiary alicyclic amines) is 1. The zero-order chi connectivity index (χ0) is 19.6. The number of carbonyl (C=O) groups excluding carboxylic acids is 2. The molecule has 154 valence electrons. The van der Waals surface area contributed by atoms with Crippen LogP contribution in [0.2, 0.25) is 0 Å². The largest absolute Gasteiger partial charge is 0.447 e. The first-order valence-electron chi connectivity index (χ1n) is 10.5. The van der Waals surface area contributed by atoms with Crippen molar-refractivity contribution in [2.75, 3.05) is 49.5 Å². The standard InChI is InChI=1S/C21H32N4O3/c26-20(22-11-4-2-1-3-5-12-24-13-6-7-14-24)23-18-9-8-10-19(17-18)25-15-16-28-21(25)27/h8-10,17H,1-7,11-16H2,(H2,22,23,26). The fourth-order valence-corrected chi connectivity index (χ4v) is 3.75. The zero-order valence-electron chi connectivity index (χ0n) is 16.6. The van der Waals surface area contributed by atoms with E-state index in [1.165, 1.54) is 51.7 Å². The summed E-state index contributed by atoms with van der Waals surface area (Å²) in [5.74, 6) is 0. The van der Waals surface area contributed by atoms with Crippen LogP contribution in [0.15, 0.2) is 24.3 Å². The summed E-state index contributed by atoms with van der Waals surface area (Å²) in [6.07, 6.45) is 8.31. The van der Waals surface area contributed by atoms with Gasteiger partial charge in [-0.25, -0.2) is 9.59 Å². The highest BCUT2D eigenvalue weighted by molar-refractivity contribution is 5.93. The van der Waals surface area contributed by atoms with Crippen molar-refractivity contribution in [3.63, 3.8) is 0 Å². The smallest absolute Gasteiger partial charge is 0.414 e. The Labute approximate surface area is 167 Å². The van der Waals surface area contributed by atoms with Gasteiger partial charge in [0.05, 0.1) is 6.54 Å². The van der Waals surface area contributed by atoms with Crippen LogP contribution in [0.5, 0.6) is 0 Å². The molecule has 0 radical (unpaired) electrons. The second-order valence-electron chi connectivity index (χ2n) is 7.51. The Morgan fingerprint density at radius 1 is 1.04 bits per heavy atom. The van der Waals surface area contributed by atoms with E-state index in [2.05, 4.69) is 15.5 Å². The summed E-state index contributed by atoms with van der Waals surface area (Å²) in [5.41, 5.74) is 1.39. The minimum atomic E-state index is -0.345. The molecule has 2 aliphatic heterocycles. The molecule has 2 fully saturated rings. The molecule has 3 rings (SSSR count). The SMILES string of the molecule is O=C(NCCCCCCCN1CCCC1)Nc1cccc(N2CCOC2=O)c1. The second kappa shape index (κ2) is 10.9. The summed E-state index contributed by atoms with van der Waals surface area (Å²) in [4.78, 5) is 27.8. The van der Waals surface area contributed by atoms with Gasteiger partial charge in [0, 0.05) is 17.9 Å². The molecule has 7 heteroatoms. The van der Waals surface area contributed by atoms with Crippen LogP contribution in [0.1, 0.15) is 44.9 Å². The van der Waals surface area contributed by atoms with Crippen LogP contribution in [-0.4, -0.2) is 56.4 Å². The molecule has 2 N–H and O–H groups in total. The maximum absolute atomic E-state index is 12.1. The van der Waals surface area contributed by atoms with Crippen LogP contribution in [-0.2, 0) is 4.74 Å². The number of urea groups is 1. The van der Waals surface area contributed by atoms with Crippen LogP contribution in [0.25, 0.3) is 0 Å². The fraction of sp³-hybridized carbons (Fsp3) is 0.619. The van der Waals surface area contributed by atoms with E-state index in [0.717, 1.165) is 18.5 Å². The van der Waals surface area contributed by atoms with Gasteiger partial charge in [0.15, 0.2) is 0 Å². The fourth-order valence-electron chi connectivity index (χ4n) is 3.75. The molecule has 0 aliphatic carbocycles. The maximum Gasteiger partial charge on any atom is 0.414 e. The number of unbranched alkanes of at least 4 members (excludes halogenated alkanes) is 4. The molecular weight excluding hydrogens is 356 g/mol. The van der Waals surface area contributed by atoms with E-state index in [-0.39, 0.29) is 12.1 Å². The van der Waals surface area contributed by atoms with Gasteiger partial charge in [-0.05, 0) is 63.5 Å². The van der Waals surface area contributed by atoms with Crippen LogP contribution < -0.4 is 15.5 Å². The van der Waals surface area contributed by atoms with E-state index in [1.807, 2.05) is 18.2 Å². The third-order valence-electron chi connectivity index (χ3n) is 5.31. The number of benzene rings is 1. The molecule has 3 amide bonds. The van der Waals surface area contributed by atoms with Gasteiger partial charge in [0.25, 0.3) is 0 Å². The Bertz CT molecular complexity index is 646. The summed E-state index contributed by atoms with van der Waals surface area (Å²) in [6, 6.07) is 7.03. The Morgan fingerprint density at radius 2 is 1.82 bits per heavy atom. The van der Waals surface area contributed by atoms with Gasteiger partial charge in [-0.3, -0.25) is 4.90 Å². The average Bonchev–Trinajstić information content (AvgIpc) is 3.35. The van der Waals surface area contributed by atoms with Crippen molar-refractivity contribution in [3.05, 3.63) is 24.3 Å². The lowest BCUT2D eigenvalue weighted by atomic mass is 10.1. The number of ether oxygens (including phenoxy) is 1. The molecule has 0 bridgehead atoms. The Morgan fingerprint density at radius 3 is 2.61 bits per heavy atom. The Hall–Kier alpha value is -2.28. The van der Waals surface area contributed by atoms with E-state index >= 15 is 0 Å². The van der Waals surface area contributed by atoms with Crippen LogP contribution in [0.3, 0.4) is 0 Å². The number of nitrogens with zero attached hydrogens (tertiary/aromatic N) is 2. The first kappa shape index (κ1) is 20.5. The summed E-state index contributed by atoms with van der Waals surface area (Å²) in [6.45, 7) is 5.42. The number of rotatable bonds is 10. The van der Waals surface area contributed by atoms with E-state index in [4.69, 9.17) is 4.74 Å². The van der Waals surface area contributed by atoms with Gasteiger partial charge in [0.1, 0.15) is 6.61 Å². The number of anilines is 2. The Balaban J connectivity index is 1.26. The van der Waals surface area contributed by atoms with Crippen molar-refractivity contribution >= 4 is 23.5 Å². The molecular formula is C21H32N4O3. The van der Waals surface area contributed by atoms with Crippen LogP contribution in [0, 0.1) is 0 Å². The number of amides is 3. The topological polar surface area (TPSA) is 73.9 Å². The number of nitrogens with one attached hydrogen (secondary N) is 2. The number of hydrogen-bond acceptors (Lipinski definition) is 4. The monoisotopic (exact) mass is 388 g/mol. The third kappa shape index (κ3) is 6.41. The summed E-state index contributed by atoms with van der Waals surface area (Å²) >= 11 is 0. The molecule has 0 atom stereocenters. The van der Waals surface area contributed by atoms with Crippen molar-refractivity contribution < 1.29 is 14.3 Å². The summed E-state index contributed by atoms with van der Waals surface area (Å²) in [7, 11) is 0. The highest BCUT2D eigenvalue weighted by Gasteiger charge is 2.23. The lowest BCUT2D eigenvalue weighted by Crippen LogP contribution is -2.29. The van der Waals surface area contributed by atoms with E-state index in [0.29, 0.717) is 25.4 Å². The predicted molar refractivity (Wildman–Crippen MR) is 111 cm³/mol. The molecule has 7 nitrogen and oxygen atoms in total. The number of carbonyl (C=O) groups is 2. The van der Waals surface area contributed by atoms with Gasteiger partial charge in [-0.15, -0.1) is 0 Å². The van der Waals surface area contributed by atoms with Gasteiger partial charge < -0.3 is 20.3 Å². The molecule has 2 aliphatic rings. The Kier molecular flexibility index (Phi) is 7.96. The average molecular weight is 389 g/mol. The molecule has 2 heterocycles. The van der Waals surface area contributed by atoms with Crippen molar-refractivity contribution in [1.82, 2.24) is 10.2 Å². The van der Waals surface area contributed by atoms with Crippen molar-refractivity contribution in [3.8, 4) is 0 Å². The lowest BCUT2D eigenvalue weighted by Gasteiger charge is -2.14. The maximum atomic E-state index is 12.1. The van der Waals surface area contributed by atoms with Gasteiger partial charge >= 0.3 is 12.1 Å². The number of hydrogen-bond donors (Lipinski definition) is 2.